The van der Waals surface area contributed by atoms with Gasteiger partial charge in [0.15, 0.2) is 6.10 Å². The van der Waals surface area contributed by atoms with Crippen molar-refractivity contribution in [1.82, 2.24) is 19.6 Å². The second kappa shape index (κ2) is 13.2. The summed E-state index contributed by atoms with van der Waals surface area (Å²) < 4.78 is 6.07. The molecule has 4 aliphatic rings. The Kier molecular flexibility index (Phi) is 9.27. The number of anilines is 2. The number of piperidine rings is 2. The van der Waals surface area contributed by atoms with Crippen LogP contribution in [0.3, 0.4) is 0 Å². The summed E-state index contributed by atoms with van der Waals surface area (Å²) in [6.07, 6.45) is 2.26. The molecule has 242 valence electrons. The van der Waals surface area contributed by atoms with Crippen molar-refractivity contribution in [3.8, 4) is 0 Å². The molecular weight excluding hydrogens is 592 g/mol. The Hall–Kier alpha value is -3.34. The van der Waals surface area contributed by atoms with Crippen molar-refractivity contribution in [3.63, 3.8) is 0 Å². The smallest absolute Gasteiger partial charge is 0.410 e. The minimum atomic E-state index is -0.978. The summed E-state index contributed by atoms with van der Waals surface area (Å²) in [5.74, 6) is -0.165. The number of aryl methyl sites for hydroxylation is 1. The van der Waals surface area contributed by atoms with Crippen molar-refractivity contribution < 1.29 is 19.1 Å². The molecule has 3 amide bonds. The highest BCUT2D eigenvalue weighted by atomic mass is 35.5. The van der Waals surface area contributed by atoms with Crippen molar-refractivity contribution in [3.05, 3.63) is 58.1 Å². The van der Waals surface area contributed by atoms with Gasteiger partial charge in [0.05, 0.1) is 10.7 Å². The molecule has 6 rings (SSSR count). The van der Waals surface area contributed by atoms with Crippen molar-refractivity contribution in [2.45, 2.75) is 63.0 Å². The van der Waals surface area contributed by atoms with Crippen LogP contribution in [0.1, 0.15) is 48.8 Å². The first-order chi connectivity index (χ1) is 21.6. The molecule has 10 nitrogen and oxygen atoms in total. The maximum absolute atomic E-state index is 14.0. The second-order valence-electron chi connectivity index (χ2n) is 13.3. The molecule has 2 aromatic carbocycles. The van der Waals surface area contributed by atoms with Crippen molar-refractivity contribution >= 4 is 40.9 Å². The number of benzene rings is 2. The summed E-state index contributed by atoms with van der Waals surface area (Å²) in [6.45, 7) is 8.30. The van der Waals surface area contributed by atoms with Crippen LogP contribution < -0.4 is 11.1 Å². The zero-order valence-electron chi connectivity index (χ0n) is 26.4. The van der Waals surface area contributed by atoms with E-state index >= 15 is 0 Å². The van der Waals surface area contributed by atoms with E-state index in [1.165, 1.54) is 0 Å². The van der Waals surface area contributed by atoms with Crippen LogP contribution in [0.2, 0.25) is 5.02 Å². The van der Waals surface area contributed by atoms with E-state index in [4.69, 9.17) is 22.1 Å². The van der Waals surface area contributed by atoms with Gasteiger partial charge in [0.1, 0.15) is 0 Å². The number of ether oxygens (including phenoxy) is 1. The maximum Gasteiger partial charge on any atom is 0.410 e. The molecule has 45 heavy (non-hydrogen) atoms. The summed E-state index contributed by atoms with van der Waals surface area (Å²) in [4.78, 5) is 48.7. The lowest BCUT2D eigenvalue weighted by Gasteiger charge is -2.44. The second-order valence-corrected chi connectivity index (χ2v) is 13.7. The van der Waals surface area contributed by atoms with Gasteiger partial charge in [-0.1, -0.05) is 35.9 Å². The normalized spacial score (nSPS) is 21.7. The molecule has 0 radical (unpaired) electrons. The Balaban J connectivity index is 1.13. The van der Waals surface area contributed by atoms with E-state index in [1.807, 2.05) is 36.1 Å². The third kappa shape index (κ3) is 6.78. The highest BCUT2D eigenvalue weighted by Gasteiger charge is 2.44. The number of piperazine rings is 1. The molecule has 4 aliphatic heterocycles. The van der Waals surface area contributed by atoms with E-state index in [0.29, 0.717) is 62.2 Å². The largest absolute Gasteiger partial charge is 0.436 e. The first-order valence-corrected chi connectivity index (χ1v) is 16.6. The minimum Gasteiger partial charge on any atom is -0.436 e. The van der Waals surface area contributed by atoms with Crippen molar-refractivity contribution in [1.29, 1.82) is 0 Å². The summed E-state index contributed by atoms with van der Waals surface area (Å²) in [5, 5.41) is 3.41. The molecule has 4 heterocycles. The number of para-hydroxylation sites is 1. The van der Waals surface area contributed by atoms with Gasteiger partial charge < -0.3 is 30.5 Å². The summed E-state index contributed by atoms with van der Waals surface area (Å²) >= 11 is 6.40. The fraction of sp³-hybridized carbons (Fsp3) is 0.559. The van der Waals surface area contributed by atoms with Crippen LogP contribution in [0.4, 0.5) is 16.2 Å². The first-order valence-electron chi connectivity index (χ1n) is 16.2. The number of nitrogens with two attached hydrogens (primary N) is 1. The summed E-state index contributed by atoms with van der Waals surface area (Å²) in [7, 11) is 2.16. The van der Waals surface area contributed by atoms with Crippen LogP contribution in [0.5, 0.6) is 0 Å². The molecule has 0 aromatic heterocycles. The predicted octanol–water partition coefficient (Wildman–Crippen LogP) is 3.89. The van der Waals surface area contributed by atoms with Crippen LogP contribution in [-0.2, 0) is 26.2 Å². The van der Waals surface area contributed by atoms with Gasteiger partial charge in [0.25, 0.3) is 5.91 Å². The lowest BCUT2D eigenvalue weighted by atomic mass is 9.68. The van der Waals surface area contributed by atoms with Gasteiger partial charge in [-0.25, -0.2) is 4.79 Å². The molecule has 0 unspecified atom stereocenters. The number of rotatable bonds is 5. The van der Waals surface area contributed by atoms with Crippen molar-refractivity contribution in [2.75, 3.05) is 70.5 Å². The molecular formula is C34H45ClN6O4. The first kappa shape index (κ1) is 31.6. The zero-order chi connectivity index (χ0) is 31.7. The molecule has 0 aliphatic carbocycles. The van der Waals surface area contributed by atoms with Crippen LogP contribution in [0.15, 0.2) is 36.4 Å². The lowest BCUT2D eigenvalue weighted by Crippen LogP contribution is -2.54. The third-order valence-electron chi connectivity index (χ3n) is 10.4. The highest BCUT2D eigenvalue weighted by Crippen LogP contribution is 2.45. The summed E-state index contributed by atoms with van der Waals surface area (Å²) in [5.41, 5.74) is 9.88. The standard InChI is InChI=1S/C34H45ClN6O4/c1-23-19-24(20-27(35)31(23)36)21-29(32(43)40-11-7-25(8-12-40)39-17-15-38(2)16-18-39)45-33(44)41-13-9-34(10-14-41)22-30(42)37-28-6-4-3-5-26(28)34/h3-6,19-20,25,29H,7-18,21-22,36H2,1-2H3,(H,37,42)/t29-/m1/s1. The zero-order valence-corrected chi connectivity index (χ0v) is 27.2. The lowest BCUT2D eigenvalue weighted by molar-refractivity contribution is -0.142. The Morgan fingerprint density at radius 1 is 1.02 bits per heavy atom. The van der Waals surface area contributed by atoms with E-state index < -0.39 is 12.2 Å². The Bertz CT molecular complexity index is 1400. The molecule has 1 spiro atoms. The number of carbonyl (C=O) groups excluding carboxylic acids is 3. The van der Waals surface area contributed by atoms with Gasteiger partial charge in [-0.2, -0.15) is 0 Å². The van der Waals surface area contributed by atoms with E-state index in [2.05, 4.69) is 28.2 Å². The molecule has 3 saturated heterocycles. The fourth-order valence-electron chi connectivity index (χ4n) is 7.59. The van der Waals surface area contributed by atoms with E-state index in [0.717, 1.165) is 61.4 Å². The van der Waals surface area contributed by atoms with Crippen molar-refractivity contribution in [2.24, 2.45) is 0 Å². The van der Waals surface area contributed by atoms with Crippen LogP contribution in [0, 0.1) is 6.92 Å². The maximum atomic E-state index is 14.0. The molecule has 11 heteroatoms. The van der Waals surface area contributed by atoms with Crippen LogP contribution in [0.25, 0.3) is 0 Å². The number of hydrogen-bond acceptors (Lipinski definition) is 7. The fourth-order valence-corrected chi connectivity index (χ4v) is 7.88. The molecule has 3 fully saturated rings. The number of likely N-dealkylation sites (N-methyl/N-ethyl adjacent to an activating group) is 1. The molecule has 2 aromatic rings. The number of likely N-dealkylation sites (tertiary alicyclic amines) is 2. The van der Waals surface area contributed by atoms with Gasteiger partial charge in [-0.05, 0) is 68.5 Å². The number of nitrogen functional groups attached to an aromatic ring is 1. The number of halogens is 1. The number of fused-ring (bicyclic) bond motifs is 2. The Labute approximate surface area is 270 Å². The number of hydrogen-bond donors (Lipinski definition) is 2. The van der Waals surface area contributed by atoms with E-state index in [-0.39, 0.29) is 23.7 Å². The SMILES string of the molecule is Cc1cc(C[C@@H](OC(=O)N2CCC3(CC2)CC(=O)Nc2ccccc23)C(=O)N2CCC(N3CCN(C)CC3)CC2)cc(Cl)c1N. The minimum absolute atomic E-state index is 0.00392. The van der Waals surface area contributed by atoms with Gasteiger partial charge in [-0.3, -0.25) is 14.5 Å². The summed E-state index contributed by atoms with van der Waals surface area (Å²) in [6, 6.07) is 12.1. The quantitative estimate of drug-likeness (QED) is 0.479. The molecule has 3 N–H and O–H groups in total. The van der Waals surface area contributed by atoms with Crippen LogP contribution in [-0.4, -0.2) is 109 Å². The highest BCUT2D eigenvalue weighted by molar-refractivity contribution is 6.33. The number of amides is 3. The average molecular weight is 637 g/mol. The number of nitrogens with zero attached hydrogens (tertiary/aromatic N) is 4. The van der Waals surface area contributed by atoms with Gasteiger partial charge in [0.2, 0.25) is 5.91 Å². The van der Waals surface area contributed by atoms with Gasteiger partial charge in [0, 0.05) is 82.3 Å². The Morgan fingerprint density at radius 3 is 2.40 bits per heavy atom. The van der Waals surface area contributed by atoms with Gasteiger partial charge >= 0.3 is 6.09 Å². The number of nitrogens with one attached hydrogen (secondary N) is 1. The third-order valence-corrected chi connectivity index (χ3v) is 10.7. The topological polar surface area (TPSA) is 111 Å². The van der Waals surface area contributed by atoms with Crippen LogP contribution >= 0.6 is 11.6 Å². The molecule has 0 saturated carbocycles. The van der Waals surface area contributed by atoms with Gasteiger partial charge in [-0.15, -0.1) is 0 Å². The predicted molar refractivity (Wildman–Crippen MR) is 175 cm³/mol. The molecule has 0 bridgehead atoms. The monoisotopic (exact) mass is 636 g/mol. The Morgan fingerprint density at radius 2 is 1.71 bits per heavy atom. The van der Waals surface area contributed by atoms with E-state index in [9.17, 15) is 14.4 Å². The molecule has 1 atom stereocenters. The average Bonchev–Trinajstić information content (AvgIpc) is 3.03. The number of carbonyl (C=O) groups is 3. The van der Waals surface area contributed by atoms with E-state index in [1.54, 1.807) is 11.0 Å².